The van der Waals surface area contributed by atoms with Gasteiger partial charge < -0.3 is 4.74 Å². The first-order valence-electron chi connectivity index (χ1n) is 13.5. The molecule has 1 aliphatic heterocycles. The monoisotopic (exact) mass is 514 g/mol. The van der Waals surface area contributed by atoms with Crippen LogP contribution in [-0.2, 0) is 16.6 Å². The Bertz CT molecular complexity index is 1390. The molecular formula is C31H34N2O3S. The van der Waals surface area contributed by atoms with Gasteiger partial charge in [-0.2, -0.15) is 0 Å². The summed E-state index contributed by atoms with van der Waals surface area (Å²) >= 11 is 1.50. The third-order valence-electron chi connectivity index (χ3n) is 8.41. The van der Waals surface area contributed by atoms with Crippen molar-refractivity contribution < 1.29 is 9.53 Å². The largest absolute Gasteiger partial charge is 0.375 e. The number of ether oxygens (including phenoxy) is 1. The average molecular weight is 515 g/mol. The molecule has 2 aromatic carbocycles. The zero-order valence-electron chi connectivity index (χ0n) is 21.7. The van der Waals surface area contributed by atoms with Gasteiger partial charge >= 0.3 is 0 Å². The smallest absolute Gasteiger partial charge is 0.258 e. The number of benzene rings is 2. The normalized spacial score (nSPS) is 21.4. The molecule has 6 rings (SSSR count). The van der Waals surface area contributed by atoms with E-state index in [9.17, 15) is 9.59 Å². The van der Waals surface area contributed by atoms with E-state index in [1.165, 1.54) is 17.3 Å². The van der Waals surface area contributed by atoms with Crippen LogP contribution in [0.25, 0.3) is 11.3 Å². The van der Waals surface area contributed by atoms with Gasteiger partial charge in [-0.15, -0.1) is 11.8 Å². The summed E-state index contributed by atoms with van der Waals surface area (Å²) < 4.78 is 7.77. The molecule has 0 N–H and O–H groups in total. The lowest BCUT2D eigenvalue weighted by Crippen LogP contribution is -2.45. The summed E-state index contributed by atoms with van der Waals surface area (Å²) in [5, 5.41) is 0. The van der Waals surface area contributed by atoms with Crippen molar-refractivity contribution in [2.24, 2.45) is 0 Å². The summed E-state index contributed by atoms with van der Waals surface area (Å²) in [6.45, 7) is 4.70. The molecule has 1 saturated heterocycles. The summed E-state index contributed by atoms with van der Waals surface area (Å²) in [6, 6.07) is 18.1. The Labute approximate surface area is 222 Å². The van der Waals surface area contributed by atoms with Gasteiger partial charge in [-0.25, -0.2) is 4.98 Å². The number of thioether (sulfide) groups is 1. The molecule has 1 aromatic heterocycles. The lowest BCUT2D eigenvalue weighted by molar-refractivity contribution is -0.0699. The molecule has 37 heavy (non-hydrogen) atoms. The highest BCUT2D eigenvalue weighted by Gasteiger charge is 2.45. The van der Waals surface area contributed by atoms with Gasteiger partial charge in [-0.1, -0.05) is 55.3 Å². The fourth-order valence-corrected chi connectivity index (χ4v) is 7.51. The van der Waals surface area contributed by atoms with E-state index in [0.717, 1.165) is 53.8 Å². The minimum Gasteiger partial charge on any atom is -0.375 e. The van der Waals surface area contributed by atoms with Crippen molar-refractivity contribution in [1.29, 1.82) is 0 Å². The van der Waals surface area contributed by atoms with Gasteiger partial charge in [0.2, 0.25) is 5.78 Å². The second kappa shape index (κ2) is 9.55. The van der Waals surface area contributed by atoms with E-state index in [2.05, 4.69) is 32.0 Å². The molecule has 0 radical (unpaired) electrons. The summed E-state index contributed by atoms with van der Waals surface area (Å²) in [6.07, 6.45) is 6.52. The van der Waals surface area contributed by atoms with Crippen LogP contribution in [0.1, 0.15) is 80.2 Å². The van der Waals surface area contributed by atoms with E-state index in [-0.39, 0.29) is 34.2 Å². The molecule has 3 aliphatic rings. The number of fused-ring (bicyclic) bond motifs is 4. The van der Waals surface area contributed by atoms with Crippen molar-refractivity contribution >= 4 is 17.5 Å². The lowest BCUT2D eigenvalue weighted by atomic mass is 9.68. The van der Waals surface area contributed by atoms with Crippen LogP contribution in [0.5, 0.6) is 0 Å². The minimum absolute atomic E-state index is 0.00263. The van der Waals surface area contributed by atoms with E-state index in [0.29, 0.717) is 25.3 Å². The van der Waals surface area contributed by atoms with Crippen molar-refractivity contribution in [2.75, 3.05) is 12.4 Å². The maximum Gasteiger partial charge on any atom is 0.258 e. The summed E-state index contributed by atoms with van der Waals surface area (Å²) in [5.41, 5.74) is 3.30. The number of rotatable bonds is 5. The maximum absolute atomic E-state index is 14.6. The number of hydrogen-bond acceptors (Lipinski definition) is 5. The Hall–Kier alpha value is -2.70. The molecule has 2 aliphatic carbocycles. The fourth-order valence-electron chi connectivity index (χ4n) is 6.73. The fraction of sp³-hybridized carbons (Fsp3) is 0.452. The van der Waals surface area contributed by atoms with E-state index < -0.39 is 0 Å². The van der Waals surface area contributed by atoms with Crippen molar-refractivity contribution in [2.45, 2.75) is 80.7 Å². The van der Waals surface area contributed by atoms with E-state index in [1.54, 1.807) is 4.57 Å². The second-order valence-electron chi connectivity index (χ2n) is 11.4. The predicted molar refractivity (Wildman–Crippen MR) is 148 cm³/mol. The van der Waals surface area contributed by atoms with E-state index >= 15 is 0 Å². The van der Waals surface area contributed by atoms with Gasteiger partial charge in [0.05, 0.1) is 22.6 Å². The number of carbonyl (C=O) groups excluding carboxylic acids is 1. The van der Waals surface area contributed by atoms with Crippen LogP contribution in [0, 0.1) is 0 Å². The Balaban J connectivity index is 1.52. The molecule has 1 spiro atoms. The predicted octanol–water partition coefficient (Wildman–Crippen LogP) is 6.38. The van der Waals surface area contributed by atoms with Crippen molar-refractivity contribution in [3.63, 3.8) is 0 Å². The van der Waals surface area contributed by atoms with Crippen LogP contribution >= 0.6 is 11.8 Å². The Kier molecular flexibility index (Phi) is 6.36. The quantitative estimate of drug-likeness (QED) is 0.292. The number of ketones is 1. The van der Waals surface area contributed by atoms with Gasteiger partial charge in [-0.3, -0.25) is 14.2 Å². The van der Waals surface area contributed by atoms with Gasteiger partial charge in [0.1, 0.15) is 0 Å². The van der Waals surface area contributed by atoms with E-state index in [1.807, 2.05) is 36.4 Å². The van der Waals surface area contributed by atoms with E-state index in [4.69, 9.17) is 9.72 Å². The zero-order valence-corrected chi connectivity index (χ0v) is 22.5. The Morgan fingerprint density at radius 2 is 1.81 bits per heavy atom. The first-order chi connectivity index (χ1) is 17.9. The molecule has 1 unspecified atom stereocenters. The standard InChI is InChI=1S/C31H34N2O3S/c1-30(2)19-22(14-17-36-30)33-28(25(34)20-37-23-11-4-3-5-12-23)32-27-24-13-7-6-10-21(24)18-31(15-8-9-16-31)26(27)29(33)35/h3-7,10-13,22H,8-9,14-20H2,1-2H3. The number of nitrogens with zero attached hydrogens (tertiary/aromatic N) is 2. The first kappa shape index (κ1) is 24.6. The third-order valence-corrected chi connectivity index (χ3v) is 9.42. The number of Topliss-reactive ketones (excluding diaryl/α,β-unsaturated/α-hetero) is 1. The molecule has 1 saturated carbocycles. The second-order valence-corrected chi connectivity index (χ2v) is 12.5. The number of carbonyl (C=O) groups is 1. The number of aromatic nitrogens is 2. The SMILES string of the molecule is CC1(C)CC(n2c(C(=O)CSc3ccccc3)nc3c(c2=O)C2(CCCC2)Cc2ccccc2-3)CCO1. The van der Waals surface area contributed by atoms with Crippen LogP contribution in [0.3, 0.4) is 0 Å². The molecule has 2 fully saturated rings. The molecule has 192 valence electrons. The topological polar surface area (TPSA) is 61.2 Å². The summed E-state index contributed by atoms with van der Waals surface area (Å²) in [4.78, 5) is 34.6. The van der Waals surface area contributed by atoms with Crippen LogP contribution in [0.15, 0.2) is 64.3 Å². The Morgan fingerprint density at radius 3 is 2.57 bits per heavy atom. The van der Waals surface area contributed by atoms with Crippen LogP contribution in [-0.4, -0.2) is 33.3 Å². The molecule has 0 amide bonds. The molecule has 2 heterocycles. The highest BCUT2D eigenvalue weighted by molar-refractivity contribution is 8.00. The first-order valence-corrected chi connectivity index (χ1v) is 14.5. The number of hydrogen-bond donors (Lipinski definition) is 0. The minimum atomic E-state index is -0.352. The maximum atomic E-state index is 14.6. The molecule has 6 heteroatoms. The highest BCUT2D eigenvalue weighted by atomic mass is 32.2. The van der Waals surface area contributed by atoms with Crippen LogP contribution in [0.2, 0.25) is 0 Å². The molecular weight excluding hydrogens is 480 g/mol. The van der Waals surface area contributed by atoms with Gasteiger partial charge in [0, 0.05) is 28.5 Å². The molecule has 1 atom stereocenters. The van der Waals surface area contributed by atoms with Crippen molar-refractivity contribution in [3.05, 3.63) is 81.9 Å². The zero-order chi connectivity index (χ0) is 25.6. The molecule has 0 bridgehead atoms. The third kappa shape index (κ3) is 4.48. The van der Waals surface area contributed by atoms with Crippen LogP contribution in [0.4, 0.5) is 0 Å². The van der Waals surface area contributed by atoms with Gasteiger partial charge in [0.25, 0.3) is 5.56 Å². The Morgan fingerprint density at radius 1 is 1.08 bits per heavy atom. The summed E-state index contributed by atoms with van der Waals surface area (Å²) in [7, 11) is 0. The van der Waals surface area contributed by atoms with Crippen molar-refractivity contribution in [1.82, 2.24) is 9.55 Å². The van der Waals surface area contributed by atoms with Gasteiger partial charge in [0.15, 0.2) is 5.82 Å². The highest BCUT2D eigenvalue weighted by Crippen LogP contribution is 2.50. The molecule has 3 aromatic rings. The summed E-state index contributed by atoms with van der Waals surface area (Å²) in [5.74, 6) is 0.454. The average Bonchev–Trinajstić information content (AvgIpc) is 3.35. The lowest BCUT2D eigenvalue weighted by Gasteiger charge is -2.39. The van der Waals surface area contributed by atoms with Crippen molar-refractivity contribution in [3.8, 4) is 11.3 Å². The molecule has 5 nitrogen and oxygen atoms in total. The van der Waals surface area contributed by atoms with Gasteiger partial charge in [-0.05, 0) is 63.6 Å². The van der Waals surface area contributed by atoms with Crippen LogP contribution < -0.4 is 5.56 Å².